The average Bonchev–Trinajstić information content (AvgIpc) is 2.89. The van der Waals surface area contributed by atoms with E-state index in [2.05, 4.69) is 4.98 Å². The highest BCUT2D eigenvalue weighted by molar-refractivity contribution is 6.31. The van der Waals surface area contributed by atoms with Crippen molar-refractivity contribution in [3.63, 3.8) is 0 Å². The predicted octanol–water partition coefficient (Wildman–Crippen LogP) is 4.65. The molecule has 1 aromatic heterocycles. The van der Waals surface area contributed by atoms with Gasteiger partial charge in [0.1, 0.15) is 5.52 Å². The predicted molar refractivity (Wildman–Crippen MR) is 79.1 cm³/mol. The minimum absolute atomic E-state index is 0.0486. The van der Waals surface area contributed by atoms with E-state index in [4.69, 9.17) is 16.0 Å². The number of oxazole rings is 1. The van der Waals surface area contributed by atoms with Gasteiger partial charge in [0.25, 0.3) is 0 Å². The molecule has 8 heteroatoms. The minimum atomic E-state index is -4.98. The Morgan fingerprint density at radius 3 is 2.65 bits per heavy atom. The molecule has 118 valence electrons. The Hall–Kier alpha value is -2.54. The van der Waals surface area contributed by atoms with Crippen LogP contribution in [0.4, 0.5) is 18.9 Å². The number of fused-ring (bicyclic) bond motifs is 1. The molecule has 0 spiro atoms. The molecule has 1 heterocycles. The number of nitrogens with one attached hydrogen (secondary N) is 1. The fourth-order valence-electron chi connectivity index (χ4n) is 1.99. The lowest BCUT2D eigenvalue weighted by Gasteiger charge is -2.10. The van der Waals surface area contributed by atoms with Gasteiger partial charge in [0, 0.05) is 5.02 Å². The lowest BCUT2D eigenvalue weighted by Crippen LogP contribution is -2.30. The largest absolute Gasteiger partial charge is 0.471 e. The highest BCUT2D eigenvalue weighted by Gasteiger charge is 2.39. The van der Waals surface area contributed by atoms with Crippen LogP contribution in [0.2, 0.25) is 5.02 Å². The summed E-state index contributed by atoms with van der Waals surface area (Å²) < 4.78 is 42.8. The van der Waals surface area contributed by atoms with Crippen LogP contribution in [0, 0.1) is 0 Å². The Bertz CT molecular complexity index is 890. The third-order valence-corrected chi connectivity index (χ3v) is 3.25. The Morgan fingerprint density at radius 2 is 1.91 bits per heavy atom. The van der Waals surface area contributed by atoms with Crippen LogP contribution < -0.4 is 5.32 Å². The molecule has 0 saturated heterocycles. The number of anilines is 1. The van der Waals surface area contributed by atoms with Crippen LogP contribution in [0.5, 0.6) is 0 Å². The molecule has 0 atom stereocenters. The Morgan fingerprint density at radius 1 is 1.17 bits per heavy atom. The van der Waals surface area contributed by atoms with Crippen molar-refractivity contribution in [3.8, 4) is 11.5 Å². The first-order chi connectivity index (χ1) is 10.8. The van der Waals surface area contributed by atoms with Crippen LogP contribution in [0.15, 0.2) is 46.9 Å². The number of alkyl halides is 3. The number of hydrogen-bond acceptors (Lipinski definition) is 3. The molecular weight excluding hydrogens is 333 g/mol. The highest BCUT2D eigenvalue weighted by Crippen LogP contribution is 2.31. The molecule has 4 nitrogen and oxygen atoms in total. The van der Waals surface area contributed by atoms with Crippen LogP contribution in [0.3, 0.4) is 0 Å². The van der Waals surface area contributed by atoms with E-state index in [1.807, 2.05) is 5.32 Å². The molecule has 1 amide bonds. The SMILES string of the molecule is O=C(Nc1ccccc1-c1nc2cc(Cl)ccc2o1)C(F)(F)F. The normalized spacial score (nSPS) is 11.7. The van der Waals surface area contributed by atoms with Crippen molar-refractivity contribution in [2.24, 2.45) is 0 Å². The molecule has 0 aliphatic carbocycles. The van der Waals surface area contributed by atoms with Crippen molar-refractivity contribution >= 4 is 34.3 Å². The number of carbonyl (C=O) groups is 1. The van der Waals surface area contributed by atoms with E-state index in [9.17, 15) is 18.0 Å². The number of amides is 1. The molecule has 23 heavy (non-hydrogen) atoms. The van der Waals surface area contributed by atoms with E-state index < -0.39 is 12.1 Å². The number of halogens is 4. The summed E-state index contributed by atoms with van der Waals surface area (Å²) in [5, 5.41) is 2.27. The van der Waals surface area contributed by atoms with E-state index in [1.54, 1.807) is 24.3 Å². The van der Waals surface area contributed by atoms with E-state index in [1.165, 1.54) is 18.2 Å². The maximum atomic E-state index is 12.4. The van der Waals surface area contributed by atoms with E-state index >= 15 is 0 Å². The van der Waals surface area contributed by atoms with E-state index in [0.717, 1.165) is 0 Å². The lowest BCUT2D eigenvalue weighted by atomic mass is 10.1. The molecule has 0 bridgehead atoms. The van der Waals surface area contributed by atoms with Crippen molar-refractivity contribution in [2.75, 3.05) is 5.32 Å². The van der Waals surface area contributed by atoms with Crippen LogP contribution in [0.1, 0.15) is 0 Å². The molecule has 1 N–H and O–H groups in total. The number of rotatable bonds is 2. The molecule has 0 saturated carbocycles. The molecule has 0 unspecified atom stereocenters. The second-order valence-electron chi connectivity index (χ2n) is 4.63. The number of aromatic nitrogens is 1. The summed E-state index contributed by atoms with van der Waals surface area (Å²) in [6.45, 7) is 0. The fourth-order valence-corrected chi connectivity index (χ4v) is 2.15. The summed E-state index contributed by atoms with van der Waals surface area (Å²) >= 11 is 5.86. The monoisotopic (exact) mass is 340 g/mol. The zero-order valence-electron chi connectivity index (χ0n) is 11.3. The first-order valence-corrected chi connectivity index (χ1v) is 6.76. The standard InChI is InChI=1S/C15H8ClF3N2O2/c16-8-5-6-12-11(7-8)20-13(23-12)9-3-1-2-4-10(9)21-14(22)15(17,18)19/h1-7H,(H,21,22). The summed E-state index contributed by atoms with van der Waals surface area (Å²) in [6.07, 6.45) is -4.98. The molecule has 0 aliphatic heterocycles. The second kappa shape index (κ2) is 5.58. The van der Waals surface area contributed by atoms with Gasteiger partial charge in [-0.05, 0) is 30.3 Å². The summed E-state index contributed by atoms with van der Waals surface area (Å²) in [6, 6.07) is 10.7. The first kappa shape index (κ1) is 15.4. The van der Waals surface area contributed by atoms with Gasteiger partial charge >= 0.3 is 12.1 Å². The summed E-state index contributed by atoms with van der Waals surface area (Å²) in [5.74, 6) is -1.98. The Balaban J connectivity index is 2.03. The van der Waals surface area contributed by atoms with Gasteiger partial charge in [-0.2, -0.15) is 13.2 Å². The highest BCUT2D eigenvalue weighted by atomic mass is 35.5. The number of nitrogens with zero attached hydrogens (tertiary/aromatic N) is 1. The molecular formula is C15H8ClF3N2O2. The summed E-state index contributed by atoms with van der Waals surface area (Å²) in [7, 11) is 0. The quantitative estimate of drug-likeness (QED) is 0.738. The molecule has 3 aromatic rings. The maximum absolute atomic E-state index is 12.4. The zero-order chi connectivity index (χ0) is 16.6. The smallest absolute Gasteiger partial charge is 0.436 e. The van der Waals surface area contributed by atoms with Crippen LogP contribution in [-0.4, -0.2) is 17.1 Å². The van der Waals surface area contributed by atoms with Crippen molar-refractivity contribution in [2.45, 2.75) is 6.18 Å². The van der Waals surface area contributed by atoms with E-state index in [-0.39, 0.29) is 17.1 Å². The van der Waals surface area contributed by atoms with Gasteiger partial charge in [0.2, 0.25) is 5.89 Å². The van der Waals surface area contributed by atoms with Gasteiger partial charge in [-0.25, -0.2) is 4.98 Å². The second-order valence-corrected chi connectivity index (χ2v) is 5.06. The van der Waals surface area contributed by atoms with Gasteiger partial charge in [0.15, 0.2) is 5.58 Å². The number of benzene rings is 2. The molecule has 0 radical (unpaired) electrons. The molecule has 0 aliphatic rings. The van der Waals surface area contributed by atoms with E-state index in [0.29, 0.717) is 16.1 Å². The average molecular weight is 341 g/mol. The van der Waals surface area contributed by atoms with Crippen molar-refractivity contribution in [3.05, 3.63) is 47.5 Å². The van der Waals surface area contributed by atoms with Gasteiger partial charge in [0.05, 0.1) is 11.3 Å². The first-order valence-electron chi connectivity index (χ1n) is 6.38. The minimum Gasteiger partial charge on any atom is -0.436 e. The van der Waals surface area contributed by atoms with Crippen LogP contribution in [-0.2, 0) is 4.79 Å². The van der Waals surface area contributed by atoms with Crippen LogP contribution >= 0.6 is 11.6 Å². The lowest BCUT2D eigenvalue weighted by molar-refractivity contribution is -0.167. The fraction of sp³-hybridized carbons (Fsp3) is 0.0667. The Labute approximate surface area is 132 Å². The number of para-hydroxylation sites is 1. The summed E-state index contributed by atoms with van der Waals surface area (Å²) in [4.78, 5) is 15.3. The van der Waals surface area contributed by atoms with Crippen LogP contribution in [0.25, 0.3) is 22.6 Å². The topological polar surface area (TPSA) is 55.1 Å². The maximum Gasteiger partial charge on any atom is 0.471 e. The van der Waals surface area contributed by atoms with Gasteiger partial charge in [-0.15, -0.1) is 0 Å². The van der Waals surface area contributed by atoms with Gasteiger partial charge in [-0.1, -0.05) is 23.7 Å². The molecule has 3 rings (SSSR count). The number of hydrogen-bond donors (Lipinski definition) is 1. The third kappa shape index (κ3) is 3.14. The zero-order valence-corrected chi connectivity index (χ0v) is 12.1. The van der Waals surface area contributed by atoms with Gasteiger partial charge < -0.3 is 9.73 Å². The summed E-state index contributed by atoms with van der Waals surface area (Å²) in [5.41, 5.74) is 1.08. The number of carbonyl (C=O) groups excluding carboxylic acids is 1. The van der Waals surface area contributed by atoms with Crippen molar-refractivity contribution in [1.29, 1.82) is 0 Å². The van der Waals surface area contributed by atoms with Crippen molar-refractivity contribution < 1.29 is 22.4 Å². The van der Waals surface area contributed by atoms with Crippen molar-refractivity contribution in [1.82, 2.24) is 4.98 Å². The van der Waals surface area contributed by atoms with Gasteiger partial charge in [-0.3, -0.25) is 4.79 Å². The molecule has 0 fully saturated rings. The third-order valence-electron chi connectivity index (χ3n) is 3.01. The molecule has 2 aromatic carbocycles. The Kier molecular flexibility index (Phi) is 3.73.